The lowest BCUT2D eigenvalue weighted by Crippen LogP contribution is -2.22. The molecule has 2 N–H and O–H groups in total. The van der Waals surface area contributed by atoms with Gasteiger partial charge in [0.25, 0.3) is 0 Å². The molecule has 0 saturated carbocycles. The summed E-state index contributed by atoms with van der Waals surface area (Å²) in [7, 11) is 3.35. The van der Waals surface area contributed by atoms with E-state index in [1.807, 2.05) is 30.0 Å². The molecule has 2 unspecified atom stereocenters. The van der Waals surface area contributed by atoms with Crippen LogP contribution < -0.4 is 15.2 Å². The summed E-state index contributed by atoms with van der Waals surface area (Å²) in [6.45, 7) is 0. The van der Waals surface area contributed by atoms with Crippen LogP contribution in [0.5, 0.6) is 11.5 Å². The van der Waals surface area contributed by atoms with Gasteiger partial charge >= 0.3 is 0 Å². The van der Waals surface area contributed by atoms with Crippen LogP contribution in [0.15, 0.2) is 18.2 Å². The summed E-state index contributed by atoms with van der Waals surface area (Å²) in [5, 5.41) is 0. The minimum Gasteiger partial charge on any atom is -0.496 e. The SMILES string of the molecule is COc1cccc(OC)c1C(N)C1CCSC1. The van der Waals surface area contributed by atoms with E-state index in [0.717, 1.165) is 22.8 Å². The van der Waals surface area contributed by atoms with Crippen LogP contribution in [-0.4, -0.2) is 25.7 Å². The smallest absolute Gasteiger partial charge is 0.127 e. The Balaban J connectivity index is 2.33. The number of nitrogens with two attached hydrogens (primary N) is 1. The second-order valence-electron chi connectivity index (χ2n) is 4.23. The lowest BCUT2D eigenvalue weighted by Gasteiger charge is -2.23. The molecule has 1 aromatic carbocycles. The van der Waals surface area contributed by atoms with Crippen molar-refractivity contribution in [3.05, 3.63) is 23.8 Å². The molecule has 1 saturated heterocycles. The zero-order chi connectivity index (χ0) is 12.3. The van der Waals surface area contributed by atoms with Crippen molar-refractivity contribution >= 4 is 11.8 Å². The Morgan fingerprint density at radius 1 is 1.29 bits per heavy atom. The summed E-state index contributed by atoms with van der Waals surface area (Å²) in [6.07, 6.45) is 1.17. The molecule has 0 spiro atoms. The number of benzene rings is 1. The Hall–Kier alpha value is -0.870. The molecule has 4 heteroatoms. The molecule has 17 heavy (non-hydrogen) atoms. The van der Waals surface area contributed by atoms with Crippen LogP contribution >= 0.6 is 11.8 Å². The molecule has 1 aliphatic heterocycles. The van der Waals surface area contributed by atoms with Gasteiger partial charge in [-0.15, -0.1) is 0 Å². The van der Waals surface area contributed by atoms with E-state index >= 15 is 0 Å². The van der Waals surface area contributed by atoms with Gasteiger partial charge < -0.3 is 15.2 Å². The Morgan fingerprint density at radius 2 is 1.94 bits per heavy atom. The van der Waals surface area contributed by atoms with Gasteiger partial charge in [-0.25, -0.2) is 0 Å². The summed E-state index contributed by atoms with van der Waals surface area (Å²) in [4.78, 5) is 0. The van der Waals surface area contributed by atoms with Crippen LogP contribution in [0.1, 0.15) is 18.0 Å². The molecule has 2 atom stereocenters. The molecule has 1 aliphatic rings. The fraction of sp³-hybridized carbons (Fsp3) is 0.538. The first-order valence-electron chi connectivity index (χ1n) is 5.82. The lowest BCUT2D eigenvalue weighted by atomic mass is 9.92. The third-order valence-electron chi connectivity index (χ3n) is 3.27. The van der Waals surface area contributed by atoms with Crippen molar-refractivity contribution in [3.63, 3.8) is 0 Å². The molecular formula is C13H19NO2S. The fourth-order valence-electron chi connectivity index (χ4n) is 2.28. The zero-order valence-electron chi connectivity index (χ0n) is 10.3. The van der Waals surface area contributed by atoms with Gasteiger partial charge in [0.1, 0.15) is 11.5 Å². The third-order valence-corrected chi connectivity index (χ3v) is 4.46. The summed E-state index contributed by atoms with van der Waals surface area (Å²) >= 11 is 1.97. The van der Waals surface area contributed by atoms with Crippen LogP contribution in [-0.2, 0) is 0 Å². The van der Waals surface area contributed by atoms with Crippen molar-refractivity contribution in [3.8, 4) is 11.5 Å². The Kier molecular flexibility index (Phi) is 4.18. The van der Waals surface area contributed by atoms with E-state index in [0.29, 0.717) is 5.92 Å². The van der Waals surface area contributed by atoms with E-state index in [4.69, 9.17) is 15.2 Å². The third kappa shape index (κ3) is 2.53. The number of ether oxygens (including phenoxy) is 2. The Bertz CT molecular complexity index is 355. The fourth-order valence-corrected chi connectivity index (χ4v) is 3.59. The minimum absolute atomic E-state index is 0.00361. The highest BCUT2D eigenvalue weighted by atomic mass is 32.2. The van der Waals surface area contributed by atoms with E-state index in [-0.39, 0.29) is 6.04 Å². The van der Waals surface area contributed by atoms with E-state index in [9.17, 15) is 0 Å². The lowest BCUT2D eigenvalue weighted by molar-refractivity contribution is 0.364. The highest BCUT2D eigenvalue weighted by molar-refractivity contribution is 7.99. The predicted molar refractivity (Wildman–Crippen MR) is 71.9 cm³/mol. The normalized spacial score (nSPS) is 21.2. The quantitative estimate of drug-likeness (QED) is 0.895. The number of hydrogen-bond acceptors (Lipinski definition) is 4. The van der Waals surface area contributed by atoms with Crippen molar-refractivity contribution in [2.45, 2.75) is 12.5 Å². The van der Waals surface area contributed by atoms with Crippen molar-refractivity contribution in [1.82, 2.24) is 0 Å². The van der Waals surface area contributed by atoms with Gasteiger partial charge in [-0.2, -0.15) is 11.8 Å². The zero-order valence-corrected chi connectivity index (χ0v) is 11.1. The van der Waals surface area contributed by atoms with Crippen LogP contribution in [0, 0.1) is 5.92 Å². The first kappa shape index (κ1) is 12.6. The first-order valence-corrected chi connectivity index (χ1v) is 6.97. The molecule has 2 rings (SSSR count). The largest absolute Gasteiger partial charge is 0.496 e. The predicted octanol–water partition coefficient (Wildman–Crippen LogP) is 2.46. The topological polar surface area (TPSA) is 44.5 Å². The molecule has 0 amide bonds. The summed E-state index contributed by atoms with van der Waals surface area (Å²) < 4.78 is 10.8. The second-order valence-corrected chi connectivity index (χ2v) is 5.38. The van der Waals surface area contributed by atoms with Gasteiger partial charge in [0.2, 0.25) is 0 Å². The van der Waals surface area contributed by atoms with Crippen LogP contribution in [0.2, 0.25) is 0 Å². The molecular weight excluding hydrogens is 234 g/mol. The maximum atomic E-state index is 6.38. The molecule has 1 fully saturated rings. The van der Waals surface area contributed by atoms with Crippen LogP contribution in [0.4, 0.5) is 0 Å². The van der Waals surface area contributed by atoms with Gasteiger partial charge in [0.15, 0.2) is 0 Å². The highest BCUT2D eigenvalue weighted by Crippen LogP contribution is 2.40. The first-order chi connectivity index (χ1) is 8.27. The highest BCUT2D eigenvalue weighted by Gasteiger charge is 2.28. The molecule has 3 nitrogen and oxygen atoms in total. The molecule has 1 heterocycles. The van der Waals surface area contributed by atoms with Gasteiger partial charge in [-0.05, 0) is 36.0 Å². The van der Waals surface area contributed by atoms with Crippen molar-refractivity contribution in [2.24, 2.45) is 11.7 Å². The van der Waals surface area contributed by atoms with Crippen LogP contribution in [0.3, 0.4) is 0 Å². The van der Waals surface area contributed by atoms with Gasteiger partial charge in [-0.1, -0.05) is 6.07 Å². The number of methoxy groups -OCH3 is 2. The van der Waals surface area contributed by atoms with E-state index in [1.54, 1.807) is 14.2 Å². The summed E-state index contributed by atoms with van der Waals surface area (Å²) in [5.74, 6) is 4.51. The molecule has 94 valence electrons. The van der Waals surface area contributed by atoms with Crippen molar-refractivity contribution < 1.29 is 9.47 Å². The summed E-state index contributed by atoms with van der Waals surface area (Å²) in [6, 6.07) is 5.81. The van der Waals surface area contributed by atoms with Crippen LogP contribution in [0.25, 0.3) is 0 Å². The average molecular weight is 253 g/mol. The molecule has 0 radical (unpaired) electrons. The van der Waals surface area contributed by atoms with E-state index in [2.05, 4.69) is 0 Å². The average Bonchev–Trinajstić information content (AvgIpc) is 2.90. The molecule has 0 aromatic heterocycles. The standard InChI is InChI=1S/C13H19NO2S/c1-15-10-4-3-5-11(16-2)12(10)13(14)9-6-7-17-8-9/h3-5,9,13H,6-8,14H2,1-2H3. The maximum absolute atomic E-state index is 6.38. The molecule has 0 aliphatic carbocycles. The Morgan fingerprint density at radius 3 is 2.41 bits per heavy atom. The maximum Gasteiger partial charge on any atom is 0.127 e. The van der Waals surface area contributed by atoms with Crippen molar-refractivity contribution in [1.29, 1.82) is 0 Å². The second kappa shape index (κ2) is 5.65. The van der Waals surface area contributed by atoms with Gasteiger partial charge in [-0.3, -0.25) is 0 Å². The summed E-state index contributed by atoms with van der Waals surface area (Å²) in [5.41, 5.74) is 7.38. The van der Waals surface area contributed by atoms with E-state index in [1.165, 1.54) is 12.2 Å². The van der Waals surface area contributed by atoms with Gasteiger partial charge in [0, 0.05) is 6.04 Å². The van der Waals surface area contributed by atoms with E-state index < -0.39 is 0 Å². The number of hydrogen-bond donors (Lipinski definition) is 1. The number of rotatable bonds is 4. The molecule has 1 aromatic rings. The Labute approximate surface area is 107 Å². The molecule has 0 bridgehead atoms. The van der Waals surface area contributed by atoms with Crippen molar-refractivity contribution in [2.75, 3.05) is 25.7 Å². The monoisotopic (exact) mass is 253 g/mol. The number of thioether (sulfide) groups is 1. The van der Waals surface area contributed by atoms with Gasteiger partial charge in [0.05, 0.1) is 19.8 Å². The minimum atomic E-state index is -0.00361.